The second-order valence-corrected chi connectivity index (χ2v) is 7.86. The summed E-state index contributed by atoms with van der Waals surface area (Å²) in [6.07, 6.45) is 0. The molecule has 3 aromatic rings. The summed E-state index contributed by atoms with van der Waals surface area (Å²) < 4.78 is 7.90. The van der Waals surface area contributed by atoms with Crippen LogP contribution in [0.3, 0.4) is 0 Å². The van der Waals surface area contributed by atoms with Gasteiger partial charge >= 0.3 is 5.63 Å². The Morgan fingerprint density at radius 3 is 2.00 bits per heavy atom. The van der Waals surface area contributed by atoms with Gasteiger partial charge < -0.3 is 4.52 Å². The fourth-order valence-electron chi connectivity index (χ4n) is 2.13. The van der Waals surface area contributed by atoms with Crippen LogP contribution in [0.5, 0.6) is 0 Å². The van der Waals surface area contributed by atoms with E-state index >= 15 is 0 Å². The highest BCUT2D eigenvalue weighted by molar-refractivity contribution is 9.15. The number of benzene rings is 2. The predicted octanol–water partition coefficient (Wildman–Crippen LogP) is 6.21. The van der Waals surface area contributed by atoms with E-state index in [9.17, 15) is 4.79 Å². The average molecular weight is 553 g/mol. The van der Waals surface area contributed by atoms with E-state index in [0.717, 1.165) is 24.5 Å². The maximum atomic E-state index is 12.1. The Bertz CT molecular complexity index is 949. The monoisotopic (exact) mass is 549 g/mol. The van der Waals surface area contributed by atoms with Crippen molar-refractivity contribution < 1.29 is 4.52 Å². The van der Waals surface area contributed by atoms with Gasteiger partial charge in [-0.2, -0.15) is 0 Å². The lowest BCUT2D eigenvalue weighted by Crippen LogP contribution is -2.05. The highest BCUT2D eigenvalue weighted by Gasteiger charge is 2.21. The van der Waals surface area contributed by atoms with Crippen molar-refractivity contribution in [1.82, 2.24) is 5.16 Å². The number of hydrogen-bond donors (Lipinski definition) is 0. The first-order valence-corrected chi connectivity index (χ1v) is 9.31. The Morgan fingerprint density at radius 2 is 1.41 bits per heavy atom. The molecule has 0 radical (unpaired) electrons. The molecule has 3 nitrogen and oxygen atoms in total. The molecule has 2 aromatic carbocycles. The van der Waals surface area contributed by atoms with Crippen LogP contribution in [-0.2, 0) is 0 Å². The van der Waals surface area contributed by atoms with E-state index in [4.69, 9.17) is 4.52 Å². The van der Waals surface area contributed by atoms with Crippen LogP contribution < -0.4 is 5.63 Å². The quantitative estimate of drug-likeness (QED) is 0.266. The van der Waals surface area contributed by atoms with Crippen LogP contribution in [0.15, 0.2) is 51.5 Å². The van der Waals surface area contributed by atoms with Crippen molar-refractivity contribution in [1.29, 1.82) is 0 Å². The zero-order valence-corrected chi connectivity index (χ0v) is 17.4. The van der Waals surface area contributed by atoms with Gasteiger partial charge in [0.05, 0.1) is 5.39 Å². The van der Waals surface area contributed by atoms with Crippen LogP contribution in [-0.4, -0.2) is 5.16 Å². The summed E-state index contributed by atoms with van der Waals surface area (Å²) in [5, 5.41) is 5.14. The van der Waals surface area contributed by atoms with Crippen LogP contribution >= 0.6 is 63.7 Å². The first-order chi connectivity index (χ1) is 10.4. The molecule has 0 saturated carbocycles. The molecule has 0 saturated heterocycles. The fraction of sp³-hybridized carbons (Fsp3) is 0.0667. The molecule has 0 aliphatic heterocycles. The van der Waals surface area contributed by atoms with Crippen molar-refractivity contribution in [3.8, 4) is 11.3 Å². The molecule has 0 spiro atoms. The van der Waals surface area contributed by atoms with E-state index in [1.807, 2.05) is 31.2 Å². The summed E-state index contributed by atoms with van der Waals surface area (Å²) in [6.45, 7) is 2.01. The molecule has 0 atom stereocenters. The Morgan fingerprint density at radius 1 is 0.864 bits per heavy atom. The average Bonchev–Trinajstić information content (AvgIpc) is 2.51. The Balaban J connectivity index is 2.50. The summed E-state index contributed by atoms with van der Waals surface area (Å²) in [7, 11) is 0. The summed E-state index contributed by atoms with van der Waals surface area (Å²) in [4.78, 5) is 12.1. The predicted molar refractivity (Wildman–Crippen MR) is 101 cm³/mol. The van der Waals surface area contributed by atoms with Crippen molar-refractivity contribution in [3.05, 3.63) is 58.1 Å². The molecular formula is C15H7Br4NO2. The van der Waals surface area contributed by atoms with Crippen molar-refractivity contribution in [2.45, 2.75) is 6.92 Å². The molecule has 22 heavy (non-hydrogen) atoms. The van der Waals surface area contributed by atoms with Gasteiger partial charge in [0.15, 0.2) is 0 Å². The molecule has 0 bridgehead atoms. The van der Waals surface area contributed by atoms with Crippen LogP contribution in [0.4, 0.5) is 0 Å². The van der Waals surface area contributed by atoms with Gasteiger partial charge in [-0.25, -0.2) is 4.79 Å². The number of nitrogens with zero attached hydrogens (tertiary/aromatic N) is 1. The molecule has 0 amide bonds. The molecule has 3 rings (SSSR count). The highest BCUT2D eigenvalue weighted by atomic mass is 79.9. The topological polar surface area (TPSA) is 43.1 Å². The minimum Gasteiger partial charge on any atom is -0.312 e. The minimum absolute atomic E-state index is 0.438. The molecular weight excluding hydrogens is 546 g/mol. The van der Waals surface area contributed by atoms with Crippen molar-refractivity contribution in [2.75, 3.05) is 0 Å². The van der Waals surface area contributed by atoms with Gasteiger partial charge in [0.2, 0.25) is 0 Å². The van der Waals surface area contributed by atoms with Crippen molar-refractivity contribution in [2.24, 2.45) is 0 Å². The number of hydrogen-bond acceptors (Lipinski definition) is 3. The first kappa shape index (κ1) is 16.4. The molecule has 112 valence electrons. The second-order valence-electron chi connectivity index (χ2n) is 4.69. The Hall–Kier alpha value is -0.500. The lowest BCUT2D eigenvalue weighted by Gasteiger charge is -2.11. The van der Waals surface area contributed by atoms with E-state index < -0.39 is 5.63 Å². The zero-order valence-electron chi connectivity index (χ0n) is 11.1. The van der Waals surface area contributed by atoms with Crippen LogP contribution in [0.2, 0.25) is 0 Å². The number of halogens is 4. The second kappa shape index (κ2) is 6.19. The first-order valence-electron chi connectivity index (χ1n) is 6.14. The SMILES string of the molecule is Cc1ccc(-c2noc(=O)c3c(Br)c(Br)c(Br)c(Br)c23)cc1. The fourth-order valence-corrected chi connectivity index (χ4v) is 4.60. The lowest BCUT2D eigenvalue weighted by molar-refractivity contribution is 0.380. The van der Waals surface area contributed by atoms with Gasteiger partial charge in [-0.15, -0.1) is 0 Å². The standard InChI is InChI=1S/C15H7Br4NO2/c1-6-2-4-7(5-3-6)14-8-9(15(21)22-20-14)11(17)13(19)12(18)10(8)16/h2-5H,1H3. The molecule has 0 aliphatic rings. The molecule has 1 heterocycles. The maximum absolute atomic E-state index is 12.1. The number of fused-ring (bicyclic) bond motifs is 1. The molecule has 0 unspecified atom stereocenters. The van der Waals surface area contributed by atoms with Gasteiger partial charge in [-0.05, 0) is 70.6 Å². The summed E-state index contributed by atoms with van der Waals surface area (Å²) in [6, 6.07) is 7.89. The van der Waals surface area contributed by atoms with Gasteiger partial charge in [0.1, 0.15) is 5.69 Å². The molecule has 0 aliphatic carbocycles. The largest absolute Gasteiger partial charge is 0.367 e. The van der Waals surface area contributed by atoms with E-state index in [1.165, 1.54) is 0 Å². The summed E-state index contributed by atoms with van der Waals surface area (Å²) in [5.74, 6) is 0. The van der Waals surface area contributed by atoms with Crippen LogP contribution in [0.25, 0.3) is 22.0 Å². The van der Waals surface area contributed by atoms with Crippen LogP contribution in [0.1, 0.15) is 5.56 Å². The minimum atomic E-state index is -0.494. The van der Waals surface area contributed by atoms with Crippen molar-refractivity contribution in [3.63, 3.8) is 0 Å². The number of aryl methyl sites for hydroxylation is 1. The third-order valence-electron chi connectivity index (χ3n) is 3.25. The third kappa shape index (κ3) is 2.62. The molecule has 1 aromatic heterocycles. The summed E-state index contributed by atoms with van der Waals surface area (Å²) >= 11 is 14.0. The zero-order chi connectivity index (χ0) is 16.0. The van der Waals surface area contributed by atoms with E-state index in [2.05, 4.69) is 68.9 Å². The number of aromatic nitrogens is 1. The summed E-state index contributed by atoms with van der Waals surface area (Å²) in [5.41, 5.74) is 2.14. The number of rotatable bonds is 1. The lowest BCUT2D eigenvalue weighted by atomic mass is 10.0. The highest BCUT2D eigenvalue weighted by Crippen LogP contribution is 2.44. The van der Waals surface area contributed by atoms with Crippen LogP contribution in [0, 0.1) is 6.92 Å². The van der Waals surface area contributed by atoms with Gasteiger partial charge in [-0.3, -0.25) is 0 Å². The molecule has 7 heteroatoms. The van der Waals surface area contributed by atoms with Crippen molar-refractivity contribution >= 4 is 74.5 Å². The maximum Gasteiger partial charge on any atom is 0.367 e. The normalized spacial score (nSPS) is 11.1. The van der Waals surface area contributed by atoms with Gasteiger partial charge in [-0.1, -0.05) is 35.0 Å². The smallest absolute Gasteiger partial charge is 0.312 e. The molecule has 0 fully saturated rings. The third-order valence-corrected chi connectivity index (χ3v) is 8.02. The Kier molecular flexibility index (Phi) is 4.60. The van der Waals surface area contributed by atoms with Gasteiger partial charge in [0, 0.05) is 28.8 Å². The Labute approximate surface area is 159 Å². The van der Waals surface area contributed by atoms with E-state index in [1.54, 1.807) is 0 Å². The van der Waals surface area contributed by atoms with E-state index in [-0.39, 0.29) is 0 Å². The molecule has 0 N–H and O–H groups in total. The van der Waals surface area contributed by atoms with E-state index in [0.29, 0.717) is 20.9 Å². The van der Waals surface area contributed by atoms with Gasteiger partial charge in [0.25, 0.3) is 0 Å².